The zero-order valence-electron chi connectivity index (χ0n) is 12.0. The quantitative estimate of drug-likeness (QED) is 0.879. The molecule has 0 fully saturated rings. The summed E-state index contributed by atoms with van der Waals surface area (Å²) in [6, 6.07) is 1.87. The molecule has 0 aromatic carbocycles. The lowest BCUT2D eigenvalue weighted by Gasteiger charge is -2.21. The molecule has 2 aromatic heterocycles. The number of pyridine rings is 1. The van der Waals surface area contributed by atoms with Gasteiger partial charge in [-0.2, -0.15) is 0 Å². The predicted octanol–water partition coefficient (Wildman–Crippen LogP) is 2.13. The fourth-order valence-electron chi connectivity index (χ4n) is 2.08. The minimum atomic E-state index is -0.248. The van der Waals surface area contributed by atoms with E-state index >= 15 is 0 Å². The van der Waals surface area contributed by atoms with Crippen LogP contribution in [0.5, 0.6) is 0 Å². The van der Waals surface area contributed by atoms with Crippen LogP contribution in [0.4, 0.5) is 0 Å². The normalized spacial score (nSPS) is 11.8. The van der Waals surface area contributed by atoms with E-state index < -0.39 is 0 Å². The lowest BCUT2D eigenvalue weighted by atomic mass is 10.1. The van der Waals surface area contributed by atoms with Crippen molar-refractivity contribution in [3.05, 3.63) is 24.3 Å². The van der Waals surface area contributed by atoms with Crippen molar-refractivity contribution in [3.8, 4) is 0 Å². The molecule has 5 nitrogen and oxygen atoms in total. The first-order chi connectivity index (χ1) is 9.40. The summed E-state index contributed by atoms with van der Waals surface area (Å²) in [5.41, 5.74) is 1.45. The van der Waals surface area contributed by atoms with Gasteiger partial charge in [0.25, 0.3) is 0 Å². The zero-order chi connectivity index (χ0) is 14.8. The van der Waals surface area contributed by atoms with E-state index in [1.54, 1.807) is 12.4 Å². The Labute approximate surface area is 123 Å². The van der Waals surface area contributed by atoms with Crippen LogP contribution in [0.1, 0.15) is 26.6 Å². The van der Waals surface area contributed by atoms with Crippen LogP contribution < -0.4 is 5.32 Å². The van der Waals surface area contributed by atoms with Crippen molar-refractivity contribution in [2.24, 2.45) is 0 Å². The molecule has 6 heteroatoms. The molecule has 2 heterocycles. The molecule has 0 aliphatic heterocycles. The Morgan fingerprint density at radius 2 is 2.20 bits per heavy atom. The smallest absolute Gasteiger partial charge is 0.240 e. The second kappa shape index (κ2) is 5.79. The average Bonchev–Trinajstić information content (AvgIpc) is 2.66. The standard InChI is InChI=1S/C14H19ClN4O/c1-14(2,3)18-13(20)9-19-11-5-7-16-8-10(11)17-12(19)4-6-15/h5,7-8H,4,6,9H2,1-3H3,(H,18,20). The Hall–Kier alpha value is -1.62. The highest BCUT2D eigenvalue weighted by molar-refractivity contribution is 6.17. The van der Waals surface area contributed by atoms with Gasteiger partial charge >= 0.3 is 0 Å². The summed E-state index contributed by atoms with van der Waals surface area (Å²) < 4.78 is 1.90. The van der Waals surface area contributed by atoms with Gasteiger partial charge in [-0.15, -0.1) is 11.6 Å². The first-order valence-corrected chi connectivity index (χ1v) is 7.10. The van der Waals surface area contributed by atoms with Crippen LogP contribution >= 0.6 is 11.6 Å². The molecule has 0 saturated carbocycles. The Kier molecular flexibility index (Phi) is 4.28. The highest BCUT2D eigenvalue weighted by Gasteiger charge is 2.17. The fourth-order valence-corrected chi connectivity index (χ4v) is 2.25. The number of hydrogen-bond donors (Lipinski definition) is 1. The third kappa shape index (κ3) is 3.48. The van der Waals surface area contributed by atoms with Crippen LogP contribution in [0.25, 0.3) is 11.0 Å². The first-order valence-electron chi connectivity index (χ1n) is 6.57. The Balaban J connectivity index is 2.31. The SMILES string of the molecule is CC(C)(C)NC(=O)Cn1c(CCCl)nc2cnccc21. The summed E-state index contributed by atoms with van der Waals surface area (Å²) >= 11 is 5.81. The number of nitrogens with zero attached hydrogens (tertiary/aromatic N) is 3. The van der Waals surface area contributed by atoms with Gasteiger partial charge in [-0.3, -0.25) is 9.78 Å². The summed E-state index contributed by atoms with van der Waals surface area (Å²) in [5.74, 6) is 1.24. The van der Waals surface area contributed by atoms with Gasteiger partial charge in [0.05, 0.1) is 11.7 Å². The van der Waals surface area contributed by atoms with Gasteiger partial charge in [0.1, 0.15) is 17.9 Å². The number of hydrogen-bond acceptors (Lipinski definition) is 3. The number of nitrogens with one attached hydrogen (secondary N) is 1. The molecule has 0 atom stereocenters. The summed E-state index contributed by atoms with van der Waals surface area (Å²) in [4.78, 5) is 20.7. The van der Waals surface area contributed by atoms with Crippen molar-refractivity contribution in [1.82, 2.24) is 19.9 Å². The molecule has 0 spiro atoms. The number of alkyl halides is 1. The van der Waals surface area contributed by atoms with Gasteiger partial charge in [-0.25, -0.2) is 4.98 Å². The molecule has 108 valence electrons. The minimum absolute atomic E-state index is 0.0376. The number of halogens is 1. The van der Waals surface area contributed by atoms with Crippen LogP contribution in [0.2, 0.25) is 0 Å². The van der Waals surface area contributed by atoms with Crippen molar-refractivity contribution in [3.63, 3.8) is 0 Å². The Morgan fingerprint density at radius 1 is 1.45 bits per heavy atom. The maximum absolute atomic E-state index is 12.1. The van der Waals surface area contributed by atoms with Crippen molar-refractivity contribution in [1.29, 1.82) is 0 Å². The molecule has 0 bridgehead atoms. The van der Waals surface area contributed by atoms with Crippen LogP contribution in [0, 0.1) is 0 Å². The second-order valence-electron chi connectivity index (χ2n) is 5.72. The van der Waals surface area contributed by atoms with Gasteiger partial charge in [0, 0.05) is 24.0 Å². The van der Waals surface area contributed by atoms with E-state index in [1.165, 1.54) is 0 Å². The zero-order valence-corrected chi connectivity index (χ0v) is 12.7. The number of aryl methyl sites for hydroxylation is 1. The molecule has 20 heavy (non-hydrogen) atoms. The third-order valence-electron chi connectivity index (χ3n) is 2.76. The number of amides is 1. The Morgan fingerprint density at radius 3 is 2.85 bits per heavy atom. The van der Waals surface area contributed by atoms with E-state index in [4.69, 9.17) is 11.6 Å². The van der Waals surface area contributed by atoms with Gasteiger partial charge in [-0.05, 0) is 26.8 Å². The van der Waals surface area contributed by atoms with Gasteiger partial charge in [-0.1, -0.05) is 0 Å². The predicted molar refractivity (Wildman–Crippen MR) is 79.8 cm³/mol. The molecule has 0 aliphatic rings. The van der Waals surface area contributed by atoms with E-state index in [0.29, 0.717) is 12.3 Å². The largest absolute Gasteiger partial charge is 0.350 e. The maximum atomic E-state index is 12.1. The first kappa shape index (κ1) is 14.8. The lowest BCUT2D eigenvalue weighted by Crippen LogP contribution is -2.42. The van der Waals surface area contributed by atoms with Crippen LogP contribution in [0.3, 0.4) is 0 Å². The molecule has 0 radical (unpaired) electrons. The number of imidazole rings is 1. The molecule has 0 aliphatic carbocycles. The molecule has 0 unspecified atom stereocenters. The number of rotatable bonds is 4. The van der Waals surface area contributed by atoms with Gasteiger partial charge < -0.3 is 9.88 Å². The highest BCUT2D eigenvalue weighted by Crippen LogP contribution is 2.16. The van der Waals surface area contributed by atoms with E-state index in [-0.39, 0.29) is 18.0 Å². The average molecular weight is 295 g/mol. The monoisotopic (exact) mass is 294 g/mol. The number of aromatic nitrogens is 3. The van der Waals surface area contributed by atoms with Crippen molar-refractivity contribution < 1.29 is 4.79 Å². The van der Waals surface area contributed by atoms with Crippen LogP contribution in [-0.4, -0.2) is 31.9 Å². The summed E-state index contributed by atoms with van der Waals surface area (Å²) in [7, 11) is 0. The van der Waals surface area contributed by atoms with E-state index in [1.807, 2.05) is 31.4 Å². The van der Waals surface area contributed by atoms with Crippen LogP contribution in [0.15, 0.2) is 18.5 Å². The molecule has 2 rings (SSSR count). The number of carbonyl (C=O) groups excluding carboxylic acids is 1. The van der Waals surface area contributed by atoms with E-state index in [0.717, 1.165) is 16.9 Å². The van der Waals surface area contributed by atoms with Crippen LogP contribution in [-0.2, 0) is 17.8 Å². The third-order valence-corrected chi connectivity index (χ3v) is 2.95. The second-order valence-corrected chi connectivity index (χ2v) is 6.09. The van der Waals surface area contributed by atoms with Crippen molar-refractivity contribution in [2.45, 2.75) is 39.3 Å². The molecular formula is C14H19ClN4O. The molecule has 0 saturated heterocycles. The van der Waals surface area contributed by atoms with Crippen molar-refractivity contribution in [2.75, 3.05) is 5.88 Å². The highest BCUT2D eigenvalue weighted by atomic mass is 35.5. The van der Waals surface area contributed by atoms with Gasteiger partial charge in [0.15, 0.2) is 0 Å². The minimum Gasteiger partial charge on any atom is -0.350 e. The summed E-state index contributed by atoms with van der Waals surface area (Å²) in [6.45, 7) is 6.12. The maximum Gasteiger partial charge on any atom is 0.240 e. The van der Waals surface area contributed by atoms with Gasteiger partial charge in [0.2, 0.25) is 5.91 Å². The summed E-state index contributed by atoms with van der Waals surface area (Å²) in [6.07, 6.45) is 4.02. The number of fused-ring (bicyclic) bond motifs is 1. The summed E-state index contributed by atoms with van der Waals surface area (Å²) in [5, 5.41) is 2.96. The topological polar surface area (TPSA) is 59.8 Å². The lowest BCUT2D eigenvalue weighted by molar-refractivity contribution is -0.123. The molecular weight excluding hydrogens is 276 g/mol. The fraction of sp³-hybridized carbons (Fsp3) is 0.500. The van der Waals surface area contributed by atoms with E-state index in [9.17, 15) is 4.79 Å². The van der Waals surface area contributed by atoms with Crippen molar-refractivity contribution >= 4 is 28.5 Å². The Bertz CT molecular complexity index is 615. The molecule has 1 N–H and O–H groups in total. The molecule has 2 aromatic rings. The number of carbonyl (C=O) groups is 1. The molecule has 1 amide bonds. The van der Waals surface area contributed by atoms with E-state index in [2.05, 4.69) is 15.3 Å².